The molecule has 16 nitrogen and oxygen atoms in total. The number of nitrogen functional groups attached to an aromatic ring is 1. The fourth-order valence-corrected chi connectivity index (χ4v) is 4.95. The number of methoxy groups -OCH3 is 2. The largest absolute Gasteiger partial charge is 0.495 e. The summed E-state index contributed by atoms with van der Waals surface area (Å²) in [5, 5.41) is 14.6. The lowest BCUT2D eigenvalue weighted by Crippen LogP contribution is -2.47. The summed E-state index contributed by atoms with van der Waals surface area (Å²) in [5.74, 6) is -5.81. The minimum absolute atomic E-state index is 0.0396. The lowest BCUT2D eigenvalue weighted by molar-refractivity contribution is -0.385. The van der Waals surface area contributed by atoms with Crippen LogP contribution in [0.3, 0.4) is 0 Å². The number of carbonyl (C=O) groups excluding carboxylic acids is 4. The predicted molar refractivity (Wildman–Crippen MR) is 173 cm³/mol. The van der Waals surface area contributed by atoms with Gasteiger partial charge in [-0.2, -0.15) is 26.3 Å². The summed E-state index contributed by atoms with van der Waals surface area (Å²) in [6.07, 6.45) is -10.2. The van der Waals surface area contributed by atoms with Crippen molar-refractivity contribution in [3.8, 4) is 11.5 Å². The average molecular weight is 751 g/mol. The molecule has 2 heterocycles. The Kier molecular flexibility index (Phi) is 13.2. The van der Waals surface area contributed by atoms with E-state index in [1.807, 2.05) is 19.0 Å². The molecular weight excluding hydrogens is 714 g/mol. The van der Waals surface area contributed by atoms with Crippen molar-refractivity contribution in [3.05, 3.63) is 45.5 Å². The molecule has 0 atom stereocenters. The van der Waals surface area contributed by atoms with Crippen LogP contribution in [0.1, 0.15) is 20.7 Å². The lowest BCUT2D eigenvalue weighted by atomic mass is 10.1. The van der Waals surface area contributed by atoms with Crippen molar-refractivity contribution < 1.29 is 59.9 Å². The lowest BCUT2D eigenvalue weighted by Gasteiger charge is -2.32. The molecule has 2 fully saturated rings. The number of nitro benzene ring substituents is 1. The summed E-state index contributed by atoms with van der Waals surface area (Å²) >= 11 is 0. The molecule has 2 aromatic rings. The van der Waals surface area contributed by atoms with Crippen LogP contribution in [0.5, 0.6) is 11.5 Å². The van der Waals surface area contributed by atoms with Crippen molar-refractivity contribution in [2.75, 3.05) is 97.0 Å². The van der Waals surface area contributed by atoms with Gasteiger partial charge in [0.2, 0.25) is 0 Å². The van der Waals surface area contributed by atoms with E-state index in [0.29, 0.717) is 58.4 Å². The van der Waals surface area contributed by atoms with Crippen molar-refractivity contribution in [1.82, 2.24) is 19.6 Å². The van der Waals surface area contributed by atoms with Crippen molar-refractivity contribution in [2.24, 2.45) is 0 Å². The molecule has 0 radical (unpaired) electrons. The van der Waals surface area contributed by atoms with Gasteiger partial charge in [0.05, 0.1) is 36.1 Å². The van der Waals surface area contributed by atoms with Gasteiger partial charge in [0.1, 0.15) is 17.1 Å². The zero-order chi connectivity index (χ0) is 39.1. The van der Waals surface area contributed by atoms with Gasteiger partial charge in [0, 0.05) is 70.2 Å². The number of carbonyl (C=O) groups is 4. The van der Waals surface area contributed by atoms with E-state index in [1.165, 1.54) is 23.4 Å². The van der Waals surface area contributed by atoms with Crippen LogP contribution in [0.25, 0.3) is 0 Å². The van der Waals surface area contributed by atoms with E-state index in [9.17, 15) is 55.6 Å². The minimum Gasteiger partial charge on any atom is -0.495 e. The summed E-state index contributed by atoms with van der Waals surface area (Å²) in [7, 11) is 6.14. The van der Waals surface area contributed by atoms with Gasteiger partial charge in [-0.3, -0.25) is 29.3 Å². The second-order valence-electron chi connectivity index (χ2n) is 11.6. The van der Waals surface area contributed by atoms with Gasteiger partial charge in [-0.15, -0.1) is 0 Å². The molecule has 2 saturated heterocycles. The Balaban J connectivity index is 0.000000281. The molecule has 2 aliphatic heterocycles. The van der Waals surface area contributed by atoms with Gasteiger partial charge in [-0.05, 0) is 26.2 Å². The highest BCUT2D eigenvalue weighted by Crippen LogP contribution is 2.35. The van der Waals surface area contributed by atoms with E-state index in [0.717, 1.165) is 19.2 Å². The number of nitro groups is 1. The SMILES string of the molecule is COc1cc(C(=O)N2CCN(C)CC2)c(N)cc1NC(=O)C(F)(F)F.COc1cc(C(=O)N2CCN(C)CC2)c([N+](=O)[O-])cc1NC(=O)C(F)(F)F. The molecule has 286 valence electrons. The highest BCUT2D eigenvalue weighted by molar-refractivity contribution is 6.03. The molecule has 52 heavy (non-hydrogen) atoms. The molecule has 0 saturated carbocycles. The summed E-state index contributed by atoms with van der Waals surface area (Å²) in [6, 6.07) is 3.98. The Hall–Kier alpha value is -5.38. The van der Waals surface area contributed by atoms with E-state index in [1.54, 1.807) is 10.2 Å². The number of piperazine rings is 2. The molecular formula is C30H36F6N8O8. The van der Waals surface area contributed by atoms with E-state index in [4.69, 9.17) is 15.2 Å². The topological polar surface area (TPSA) is 193 Å². The Morgan fingerprint density at radius 2 is 1.06 bits per heavy atom. The van der Waals surface area contributed by atoms with Gasteiger partial charge in [-0.25, -0.2) is 0 Å². The Labute approximate surface area is 292 Å². The van der Waals surface area contributed by atoms with Gasteiger partial charge >= 0.3 is 24.2 Å². The maximum atomic E-state index is 12.7. The van der Waals surface area contributed by atoms with Crippen LogP contribution in [0.4, 0.5) is 49.1 Å². The standard InChI is InChI=1S/C15H17F3N4O5.C15H19F3N4O3/c1-20-3-5-21(6-4-20)13(23)9-7-12(27-2)10(8-11(9)22(25)26)19-14(24)15(16,17)18;1-21-3-5-22(6-4-21)13(23)9-7-12(25-2)11(8-10(9)19)20-14(24)15(16,17)18/h7-8H,3-6H2,1-2H3,(H,19,24);7-8H,3-6,19H2,1-2H3,(H,20,24). The molecule has 0 unspecified atom stereocenters. The maximum Gasteiger partial charge on any atom is 0.471 e. The first-order valence-electron chi connectivity index (χ1n) is 15.2. The number of halogens is 6. The number of nitrogens with two attached hydrogens (primary N) is 1. The van der Waals surface area contributed by atoms with Crippen LogP contribution in [0, 0.1) is 10.1 Å². The number of hydrogen-bond acceptors (Lipinski definition) is 11. The molecule has 0 spiro atoms. The maximum absolute atomic E-state index is 12.7. The Morgan fingerprint density at radius 3 is 1.42 bits per heavy atom. The minimum atomic E-state index is -5.19. The van der Waals surface area contributed by atoms with Gasteiger partial charge < -0.3 is 45.4 Å². The number of amides is 4. The van der Waals surface area contributed by atoms with E-state index in [-0.39, 0.29) is 39.9 Å². The molecule has 0 bridgehead atoms. The molecule has 0 aromatic heterocycles. The van der Waals surface area contributed by atoms with Gasteiger partial charge in [0.25, 0.3) is 17.5 Å². The van der Waals surface area contributed by atoms with Crippen LogP contribution in [0.2, 0.25) is 0 Å². The third-order valence-corrected chi connectivity index (χ3v) is 7.94. The summed E-state index contributed by atoms with van der Waals surface area (Å²) in [6.45, 7) is 4.31. The molecule has 22 heteroatoms. The molecule has 2 aliphatic rings. The van der Waals surface area contributed by atoms with Crippen LogP contribution in [0.15, 0.2) is 24.3 Å². The van der Waals surface area contributed by atoms with Gasteiger partial charge in [0.15, 0.2) is 0 Å². The predicted octanol–water partition coefficient (Wildman–Crippen LogP) is 2.66. The molecule has 4 amide bonds. The van der Waals surface area contributed by atoms with Crippen molar-refractivity contribution in [3.63, 3.8) is 0 Å². The zero-order valence-corrected chi connectivity index (χ0v) is 28.3. The summed E-state index contributed by atoms with van der Waals surface area (Å²) in [4.78, 5) is 65.0. The highest BCUT2D eigenvalue weighted by atomic mass is 19.4. The van der Waals surface area contributed by atoms with Gasteiger partial charge in [-0.1, -0.05) is 0 Å². The summed E-state index contributed by atoms with van der Waals surface area (Å²) in [5.41, 5.74) is 4.04. The third kappa shape index (κ3) is 10.3. The van der Waals surface area contributed by atoms with E-state index >= 15 is 0 Å². The second-order valence-corrected chi connectivity index (χ2v) is 11.6. The number of nitrogens with zero attached hydrogens (tertiary/aromatic N) is 5. The smallest absolute Gasteiger partial charge is 0.471 e. The summed E-state index contributed by atoms with van der Waals surface area (Å²) < 4.78 is 84.5. The number of anilines is 3. The van der Waals surface area contributed by atoms with Crippen molar-refractivity contribution in [2.45, 2.75) is 12.4 Å². The zero-order valence-electron chi connectivity index (χ0n) is 28.3. The normalized spacial score (nSPS) is 15.6. The molecule has 4 rings (SSSR count). The third-order valence-electron chi connectivity index (χ3n) is 7.94. The fraction of sp³-hybridized carbons (Fsp3) is 0.467. The monoisotopic (exact) mass is 750 g/mol. The molecule has 0 aliphatic carbocycles. The van der Waals surface area contributed by atoms with Crippen LogP contribution in [-0.4, -0.2) is 141 Å². The number of benzene rings is 2. The van der Waals surface area contributed by atoms with E-state index in [2.05, 4.69) is 4.90 Å². The number of hydrogen-bond donors (Lipinski definition) is 3. The first-order chi connectivity index (χ1) is 24.2. The first-order valence-corrected chi connectivity index (χ1v) is 15.2. The highest BCUT2D eigenvalue weighted by Gasteiger charge is 2.40. The van der Waals surface area contributed by atoms with Crippen LogP contribution >= 0.6 is 0 Å². The van der Waals surface area contributed by atoms with Crippen LogP contribution in [-0.2, 0) is 9.59 Å². The average Bonchev–Trinajstić information content (AvgIpc) is 3.07. The number of ether oxygens (including phenoxy) is 2. The fourth-order valence-electron chi connectivity index (χ4n) is 4.95. The van der Waals surface area contributed by atoms with Crippen molar-refractivity contribution in [1.29, 1.82) is 0 Å². The number of rotatable bonds is 7. The second kappa shape index (κ2) is 16.8. The van der Waals surface area contributed by atoms with Crippen LogP contribution < -0.4 is 25.8 Å². The Morgan fingerprint density at radius 1 is 0.692 bits per heavy atom. The van der Waals surface area contributed by atoms with E-state index < -0.39 is 46.4 Å². The molecule has 4 N–H and O–H groups in total. The number of likely N-dealkylation sites (N-methyl/N-ethyl adjacent to an activating group) is 2. The molecule has 2 aromatic carbocycles. The van der Waals surface area contributed by atoms with Crippen molar-refractivity contribution >= 4 is 46.4 Å². The first kappa shape index (κ1) is 41.0. The number of nitrogens with one attached hydrogen (secondary N) is 2. The number of alkyl halides is 6. The quantitative estimate of drug-likeness (QED) is 0.163. The Bertz CT molecular complexity index is 1670.